The number of nitriles is 1. The summed E-state index contributed by atoms with van der Waals surface area (Å²) in [5, 5.41) is 21.1. The third kappa shape index (κ3) is 9.17. The monoisotopic (exact) mass is 821 g/mol. The third-order valence-electron chi connectivity index (χ3n) is 9.01. The third-order valence-corrected chi connectivity index (χ3v) is 12.8. The molecule has 7 rings (SSSR count). The van der Waals surface area contributed by atoms with Gasteiger partial charge in [-0.25, -0.2) is 0 Å². The van der Waals surface area contributed by atoms with Crippen LogP contribution >= 0.6 is 46.7 Å². The van der Waals surface area contributed by atoms with Crippen LogP contribution in [0.4, 0.5) is 17.1 Å². The van der Waals surface area contributed by atoms with Crippen LogP contribution in [0.2, 0.25) is 0 Å². The van der Waals surface area contributed by atoms with Gasteiger partial charge in [0.15, 0.2) is 0 Å². The van der Waals surface area contributed by atoms with Gasteiger partial charge in [0, 0.05) is 53.6 Å². The molecule has 0 spiro atoms. The van der Waals surface area contributed by atoms with E-state index in [0.717, 1.165) is 52.3 Å². The van der Waals surface area contributed by atoms with Crippen molar-refractivity contribution in [2.24, 2.45) is 0 Å². The number of aromatic nitrogens is 1. The molecule has 57 heavy (non-hydrogen) atoms. The van der Waals surface area contributed by atoms with Crippen LogP contribution in [0.1, 0.15) is 22.4 Å². The molecule has 3 heterocycles. The zero-order valence-electron chi connectivity index (χ0n) is 30.5. The summed E-state index contributed by atoms with van der Waals surface area (Å²) in [5.41, 5.74) is 4.62. The lowest BCUT2D eigenvalue weighted by Crippen LogP contribution is -2.46. The number of rotatable bonds is 13. The number of benzene rings is 4. The number of aromatic hydroxyl groups is 1. The van der Waals surface area contributed by atoms with Gasteiger partial charge in [-0.1, -0.05) is 97.7 Å². The van der Waals surface area contributed by atoms with Gasteiger partial charge in [-0.2, -0.15) is 5.26 Å². The molecule has 3 aromatic heterocycles. The minimum Gasteiger partial charge on any atom is -0.493 e. The second-order valence-corrected chi connectivity index (χ2v) is 16.6. The Labute approximate surface area is 347 Å². The first-order valence-electron chi connectivity index (χ1n) is 18.0. The first-order chi connectivity index (χ1) is 27.8. The Bertz CT molecular complexity index is 2700. The van der Waals surface area contributed by atoms with Gasteiger partial charge in [0.05, 0.1) is 16.6 Å². The number of hydrogen-bond donors (Lipinski definition) is 1. The van der Waals surface area contributed by atoms with Gasteiger partial charge in [0.25, 0.3) is 5.56 Å². The Morgan fingerprint density at radius 1 is 0.825 bits per heavy atom. The largest absolute Gasteiger partial charge is 0.493 e. The standard InChI is InChI=1S/C46H35N3O4S4/c1-31-38(44(51)48(45(52)39(31)29-47)26-11-27-53-43(50)30-55-46(54)33-12-5-2-6-13-33)28-37-22-23-41(56-37)42-25-24-40(57-42)32-18-20-36(21-19-32)49(34-14-7-3-8-15-34)35-16-9-4-10-17-35/h2-10,12-25,28,52H,1,11,26-27,30H2/b38-28-. The Morgan fingerprint density at radius 3 is 2.05 bits per heavy atom. The fraction of sp³-hybridized carbons (Fsp3) is 0.0870. The van der Waals surface area contributed by atoms with Gasteiger partial charge in [0.2, 0.25) is 5.88 Å². The van der Waals surface area contributed by atoms with Crippen molar-refractivity contribution in [2.75, 3.05) is 17.3 Å². The van der Waals surface area contributed by atoms with E-state index in [1.54, 1.807) is 17.4 Å². The maximum atomic E-state index is 13.7. The number of ether oxygens (including phenoxy) is 1. The van der Waals surface area contributed by atoms with Crippen LogP contribution in [0.5, 0.6) is 5.88 Å². The topological polar surface area (TPSA) is 95.6 Å². The molecule has 4 aromatic carbocycles. The van der Waals surface area contributed by atoms with E-state index in [9.17, 15) is 20.0 Å². The van der Waals surface area contributed by atoms with Gasteiger partial charge in [-0.05, 0) is 84.3 Å². The average Bonchev–Trinajstić information content (AvgIpc) is 3.94. The maximum Gasteiger partial charge on any atom is 0.316 e. The second-order valence-electron chi connectivity index (χ2n) is 12.7. The summed E-state index contributed by atoms with van der Waals surface area (Å²) in [6, 6.07) is 48.7. The average molecular weight is 822 g/mol. The molecule has 282 valence electrons. The molecule has 0 bridgehead atoms. The van der Waals surface area contributed by atoms with Gasteiger partial charge < -0.3 is 14.7 Å². The summed E-state index contributed by atoms with van der Waals surface area (Å²) in [6.07, 6.45) is 1.96. The Balaban J connectivity index is 1.04. The molecule has 0 atom stereocenters. The van der Waals surface area contributed by atoms with Gasteiger partial charge >= 0.3 is 5.97 Å². The van der Waals surface area contributed by atoms with Crippen molar-refractivity contribution in [2.45, 2.75) is 13.0 Å². The number of para-hydroxylation sites is 2. The van der Waals surface area contributed by atoms with Crippen LogP contribution in [0.3, 0.4) is 0 Å². The molecule has 0 saturated heterocycles. The van der Waals surface area contributed by atoms with Gasteiger partial charge in [-0.15, -0.1) is 34.4 Å². The number of carbonyl (C=O) groups excluding carboxylic acids is 1. The highest BCUT2D eigenvalue weighted by atomic mass is 32.2. The molecule has 0 unspecified atom stereocenters. The molecule has 0 aliphatic carbocycles. The quantitative estimate of drug-likeness (QED) is 0.0699. The fourth-order valence-corrected chi connectivity index (χ4v) is 9.19. The van der Waals surface area contributed by atoms with E-state index in [4.69, 9.17) is 17.0 Å². The summed E-state index contributed by atoms with van der Waals surface area (Å²) in [7, 11) is 0. The molecule has 11 heteroatoms. The van der Waals surface area contributed by atoms with Crippen LogP contribution in [-0.4, -0.2) is 32.2 Å². The molecule has 0 saturated carbocycles. The maximum absolute atomic E-state index is 13.7. The Morgan fingerprint density at radius 2 is 1.40 bits per heavy atom. The number of esters is 1. The zero-order chi connectivity index (χ0) is 39.7. The summed E-state index contributed by atoms with van der Waals surface area (Å²) in [6.45, 7) is 4.04. The molecule has 0 fully saturated rings. The van der Waals surface area contributed by atoms with Crippen molar-refractivity contribution in [3.05, 3.63) is 176 Å². The Kier molecular flexibility index (Phi) is 12.6. The molecule has 1 N–H and O–H groups in total. The molecule has 0 amide bonds. The van der Waals surface area contributed by atoms with Crippen LogP contribution in [0, 0.1) is 11.3 Å². The van der Waals surface area contributed by atoms with E-state index in [2.05, 4.69) is 72.1 Å². The second kappa shape index (κ2) is 18.3. The van der Waals surface area contributed by atoms with Gasteiger partial charge in [0.1, 0.15) is 11.6 Å². The van der Waals surface area contributed by atoms with E-state index in [1.807, 2.05) is 84.9 Å². The van der Waals surface area contributed by atoms with Crippen molar-refractivity contribution < 1.29 is 14.6 Å². The lowest BCUT2D eigenvalue weighted by Gasteiger charge is -2.25. The van der Waals surface area contributed by atoms with Crippen molar-refractivity contribution in [3.63, 3.8) is 0 Å². The molecule has 7 nitrogen and oxygen atoms in total. The van der Waals surface area contributed by atoms with E-state index < -0.39 is 17.4 Å². The smallest absolute Gasteiger partial charge is 0.316 e. The number of thioether (sulfide) groups is 1. The fourth-order valence-electron chi connectivity index (χ4n) is 6.19. The lowest BCUT2D eigenvalue weighted by molar-refractivity contribution is -0.140. The lowest BCUT2D eigenvalue weighted by atomic mass is 10.1. The van der Waals surface area contributed by atoms with E-state index >= 15 is 0 Å². The van der Waals surface area contributed by atoms with E-state index in [-0.39, 0.29) is 41.3 Å². The van der Waals surface area contributed by atoms with E-state index in [1.165, 1.54) is 23.1 Å². The van der Waals surface area contributed by atoms with E-state index in [0.29, 0.717) is 4.20 Å². The summed E-state index contributed by atoms with van der Waals surface area (Å²) in [4.78, 5) is 32.3. The van der Waals surface area contributed by atoms with Crippen LogP contribution < -0.4 is 20.9 Å². The highest BCUT2D eigenvalue weighted by Crippen LogP contribution is 2.40. The van der Waals surface area contributed by atoms with Crippen LogP contribution in [0.25, 0.3) is 32.8 Å². The molecule has 0 aliphatic heterocycles. The first kappa shape index (κ1) is 39.2. The zero-order valence-corrected chi connectivity index (χ0v) is 33.8. The number of anilines is 3. The van der Waals surface area contributed by atoms with Crippen LogP contribution in [-0.2, 0) is 16.1 Å². The molecular weight excluding hydrogens is 787 g/mol. The molecule has 7 aromatic rings. The predicted molar refractivity (Wildman–Crippen MR) is 239 cm³/mol. The number of thiophene rings is 2. The minimum absolute atomic E-state index is 0.0253. The summed E-state index contributed by atoms with van der Waals surface area (Å²) >= 11 is 9.82. The SMILES string of the molecule is C=c1c(C#N)c(O)n(CCCOC(=O)CSC(=S)c2ccccc2)c(=O)/c1=C\c1ccc(-c2ccc(-c3ccc(N(c4ccccc4)c4ccccc4)cc3)s2)s1. The molecular formula is C46H35N3O4S4. The number of pyridine rings is 1. The highest BCUT2D eigenvalue weighted by molar-refractivity contribution is 8.24. The summed E-state index contributed by atoms with van der Waals surface area (Å²) < 4.78 is 7.09. The van der Waals surface area contributed by atoms with Crippen molar-refractivity contribution in [1.82, 2.24) is 4.57 Å². The van der Waals surface area contributed by atoms with Crippen molar-refractivity contribution in [3.8, 4) is 32.1 Å². The van der Waals surface area contributed by atoms with Gasteiger partial charge in [-0.3, -0.25) is 14.2 Å². The number of hydrogen-bond acceptors (Lipinski definition) is 10. The molecule has 0 radical (unpaired) electrons. The van der Waals surface area contributed by atoms with Crippen LogP contribution in [0.15, 0.2) is 144 Å². The normalized spacial score (nSPS) is 11.2. The number of nitrogens with zero attached hydrogens (tertiary/aromatic N) is 3. The molecule has 0 aliphatic rings. The first-order valence-corrected chi connectivity index (χ1v) is 21.0. The van der Waals surface area contributed by atoms with Crippen molar-refractivity contribution in [1.29, 1.82) is 5.26 Å². The van der Waals surface area contributed by atoms with Crippen molar-refractivity contribution >= 4 is 86.5 Å². The highest BCUT2D eigenvalue weighted by Gasteiger charge is 2.16. The Hall–Kier alpha value is -6.03. The number of carbonyl (C=O) groups is 1. The minimum atomic E-state index is -0.485. The summed E-state index contributed by atoms with van der Waals surface area (Å²) in [5.74, 6) is -0.842. The number of thiocarbonyl (C=S) groups is 1. The predicted octanol–water partition coefficient (Wildman–Crippen LogP) is 9.63.